The highest BCUT2D eigenvalue weighted by molar-refractivity contribution is 5.03. The van der Waals surface area contributed by atoms with Gasteiger partial charge in [-0.1, -0.05) is 0 Å². The van der Waals surface area contributed by atoms with Crippen molar-refractivity contribution >= 4 is 0 Å². The van der Waals surface area contributed by atoms with Crippen molar-refractivity contribution in [3.63, 3.8) is 0 Å². The van der Waals surface area contributed by atoms with Crippen LogP contribution in [0.3, 0.4) is 0 Å². The van der Waals surface area contributed by atoms with Gasteiger partial charge in [0.05, 0.1) is 30.8 Å². The number of aromatic nitrogens is 2. The molecule has 0 N–H and O–H groups in total. The van der Waals surface area contributed by atoms with Crippen LogP contribution in [0.1, 0.15) is 18.0 Å². The van der Waals surface area contributed by atoms with Crippen molar-refractivity contribution in [3.05, 3.63) is 18.0 Å². The van der Waals surface area contributed by atoms with E-state index in [-0.39, 0.29) is 12.0 Å². The summed E-state index contributed by atoms with van der Waals surface area (Å²) >= 11 is 0. The lowest BCUT2D eigenvalue weighted by atomic mass is 9.97. The van der Waals surface area contributed by atoms with Gasteiger partial charge in [-0.05, 0) is 18.9 Å². The van der Waals surface area contributed by atoms with Gasteiger partial charge in [-0.25, -0.2) is 0 Å². The third-order valence-corrected chi connectivity index (χ3v) is 2.56. The van der Waals surface area contributed by atoms with Gasteiger partial charge in [0, 0.05) is 12.8 Å². The van der Waals surface area contributed by atoms with Gasteiger partial charge in [-0.3, -0.25) is 4.68 Å². The first-order chi connectivity index (χ1) is 6.81. The van der Waals surface area contributed by atoms with Gasteiger partial charge in [0.25, 0.3) is 0 Å². The van der Waals surface area contributed by atoms with Crippen LogP contribution in [0.2, 0.25) is 0 Å². The Balaban J connectivity index is 2.19. The molecule has 1 fully saturated rings. The van der Waals surface area contributed by atoms with E-state index < -0.39 is 0 Å². The normalized spacial score (nSPS) is 27.1. The summed E-state index contributed by atoms with van der Waals surface area (Å²) in [7, 11) is 0. The average molecular weight is 191 g/mol. The monoisotopic (exact) mass is 191 g/mol. The molecule has 1 aliphatic heterocycles. The predicted molar refractivity (Wildman–Crippen MR) is 50.5 cm³/mol. The quantitative estimate of drug-likeness (QED) is 0.672. The summed E-state index contributed by atoms with van der Waals surface area (Å²) in [6.45, 7) is 3.28. The lowest BCUT2D eigenvalue weighted by Crippen LogP contribution is -2.29. The van der Waals surface area contributed by atoms with Crippen LogP contribution in [-0.2, 0) is 4.74 Å². The molecule has 0 radical (unpaired) electrons. The summed E-state index contributed by atoms with van der Waals surface area (Å²) in [6, 6.07) is 2.41. The van der Waals surface area contributed by atoms with E-state index in [4.69, 9.17) is 10.00 Å². The van der Waals surface area contributed by atoms with Crippen molar-refractivity contribution in [3.8, 4) is 6.07 Å². The second kappa shape index (κ2) is 3.81. The Bertz CT molecular complexity index is 352. The number of nitriles is 1. The van der Waals surface area contributed by atoms with Crippen molar-refractivity contribution in [1.82, 2.24) is 9.78 Å². The van der Waals surface area contributed by atoms with Crippen LogP contribution < -0.4 is 0 Å². The van der Waals surface area contributed by atoms with Gasteiger partial charge in [0.1, 0.15) is 0 Å². The van der Waals surface area contributed by atoms with Crippen molar-refractivity contribution in [1.29, 1.82) is 5.26 Å². The first-order valence-electron chi connectivity index (χ1n) is 4.79. The average Bonchev–Trinajstić information content (AvgIpc) is 2.65. The van der Waals surface area contributed by atoms with Gasteiger partial charge in [-0.15, -0.1) is 0 Å². The molecule has 14 heavy (non-hydrogen) atoms. The van der Waals surface area contributed by atoms with E-state index in [0.717, 1.165) is 12.0 Å². The Kier molecular flexibility index (Phi) is 2.51. The van der Waals surface area contributed by atoms with Gasteiger partial charge < -0.3 is 4.74 Å². The summed E-state index contributed by atoms with van der Waals surface area (Å²) in [5.74, 6) is 0.0306. The number of ether oxygens (including phenoxy) is 1. The zero-order valence-corrected chi connectivity index (χ0v) is 8.18. The molecule has 1 aromatic heterocycles. The highest BCUT2D eigenvalue weighted by Crippen LogP contribution is 2.25. The molecule has 74 valence electrons. The van der Waals surface area contributed by atoms with E-state index >= 15 is 0 Å². The molecule has 0 spiro atoms. The molecule has 0 aromatic carbocycles. The second-order valence-corrected chi connectivity index (χ2v) is 3.66. The fraction of sp³-hybridized carbons (Fsp3) is 0.600. The van der Waals surface area contributed by atoms with Gasteiger partial charge in [-0.2, -0.15) is 10.4 Å². The van der Waals surface area contributed by atoms with Crippen molar-refractivity contribution < 1.29 is 4.74 Å². The van der Waals surface area contributed by atoms with Crippen LogP contribution in [0.5, 0.6) is 0 Å². The Labute approximate surface area is 83.1 Å². The van der Waals surface area contributed by atoms with Crippen LogP contribution in [-0.4, -0.2) is 23.0 Å². The van der Waals surface area contributed by atoms with E-state index in [1.807, 2.05) is 24.0 Å². The molecule has 0 aliphatic carbocycles. The van der Waals surface area contributed by atoms with Gasteiger partial charge >= 0.3 is 0 Å². The Morgan fingerprint density at radius 2 is 2.57 bits per heavy atom. The van der Waals surface area contributed by atoms with Gasteiger partial charge in [0.2, 0.25) is 0 Å². The number of hydrogen-bond donors (Lipinski definition) is 0. The van der Waals surface area contributed by atoms with E-state index in [2.05, 4.69) is 11.2 Å². The smallest absolute Gasteiger partial charge is 0.0911 e. The highest BCUT2D eigenvalue weighted by Gasteiger charge is 2.27. The fourth-order valence-corrected chi connectivity index (χ4v) is 1.75. The molecule has 4 heteroatoms. The SMILES string of the molecule is Cc1cnn(C2COCCC2C#N)c1. The number of aryl methyl sites for hydroxylation is 1. The van der Waals surface area contributed by atoms with E-state index in [1.165, 1.54) is 0 Å². The van der Waals surface area contributed by atoms with Gasteiger partial charge in [0.15, 0.2) is 0 Å². The summed E-state index contributed by atoms with van der Waals surface area (Å²) < 4.78 is 7.22. The highest BCUT2D eigenvalue weighted by atomic mass is 16.5. The van der Waals surface area contributed by atoms with Crippen LogP contribution in [0.15, 0.2) is 12.4 Å². The molecule has 4 nitrogen and oxygen atoms in total. The third-order valence-electron chi connectivity index (χ3n) is 2.56. The summed E-state index contributed by atoms with van der Waals surface area (Å²) in [4.78, 5) is 0. The Morgan fingerprint density at radius 1 is 1.71 bits per heavy atom. The summed E-state index contributed by atoms with van der Waals surface area (Å²) in [5.41, 5.74) is 1.12. The number of rotatable bonds is 1. The maximum absolute atomic E-state index is 8.98. The van der Waals surface area contributed by atoms with Crippen LogP contribution in [0.25, 0.3) is 0 Å². The number of nitrogens with zero attached hydrogens (tertiary/aromatic N) is 3. The first-order valence-corrected chi connectivity index (χ1v) is 4.79. The fourth-order valence-electron chi connectivity index (χ4n) is 1.75. The largest absolute Gasteiger partial charge is 0.379 e. The minimum atomic E-state index is 0.0306. The predicted octanol–water partition coefficient (Wildman–Crippen LogP) is 1.29. The lowest BCUT2D eigenvalue weighted by Gasteiger charge is -2.26. The molecule has 2 unspecified atom stereocenters. The van der Waals surface area contributed by atoms with Crippen LogP contribution in [0.4, 0.5) is 0 Å². The molecule has 2 heterocycles. The summed E-state index contributed by atoms with van der Waals surface area (Å²) in [5, 5.41) is 13.2. The first kappa shape index (κ1) is 9.22. The summed E-state index contributed by atoms with van der Waals surface area (Å²) in [6.07, 6.45) is 4.58. The third kappa shape index (κ3) is 1.64. The maximum atomic E-state index is 8.98. The van der Waals surface area contributed by atoms with E-state index in [9.17, 15) is 0 Å². The van der Waals surface area contributed by atoms with Crippen molar-refractivity contribution in [2.75, 3.05) is 13.2 Å². The Hall–Kier alpha value is -1.34. The minimum Gasteiger partial charge on any atom is -0.379 e. The molecular weight excluding hydrogens is 178 g/mol. The molecule has 1 aliphatic rings. The standard InChI is InChI=1S/C10H13N3O/c1-8-5-12-13(6-8)10-7-14-3-2-9(10)4-11/h5-6,9-10H,2-3,7H2,1H3. The minimum absolute atomic E-state index is 0.0306. The molecule has 1 saturated heterocycles. The van der Waals surface area contributed by atoms with Crippen molar-refractivity contribution in [2.24, 2.45) is 5.92 Å². The molecule has 0 amide bonds. The molecule has 2 atom stereocenters. The molecular formula is C10H13N3O. The van der Waals surface area contributed by atoms with Crippen molar-refractivity contribution in [2.45, 2.75) is 19.4 Å². The molecule has 0 bridgehead atoms. The maximum Gasteiger partial charge on any atom is 0.0911 e. The van der Waals surface area contributed by atoms with E-state index in [0.29, 0.717) is 13.2 Å². The van der Waals surface area contributed by atoms with E-state index in [1.54, 1.807) is 0 Å². The lowest BCUT2D eigenvalue weighted by molar-refractivity contribution is 0.0341. The Morgan fingerprint density at radius 3 is 3.21 bits per heavy atom. The zero-order valence-electron chi connectivity index (χ0n) is 8.18. The number of hydrogen-bond acceptors (Lipinski definition) is 3. The second-order valence-electron chi connectivity index (χ2n) is 3.66. The topological polar surface area (TPSA) is 50.8 Å². The molecule has 0 saturated carbocycles. The molecule has 1 aromatic rings. The van der Waals surface area contributed by atoms with Crippen LogP contribution in [0, 0.1) is 24.2 Å². The van der Waals surface area contributed by atoms with Crippen LogP contribution >= 0.6 is 0 Å². The zero-order chi connectivity index (χ0) is 9.97. The molecule has 2 rings (SSSR count).